The molecule has 0 heterocycles. The van der Waals surface area contributed by atoms with Crippen LogP contribution in [0.3, 0.4) is 0 Å². The van der Waals surface area contributed by atoms with Crippen LogP contribution in [0.4, 0.5) is 0 Å². The molecule has 2 nitrogen and oxygen atoms in total. The molecule has 0 spiro atoms. The van der Waals surface area contributed by atoms with Crippen LogP contribution in [0.15, 0.2) is 12.7 Å². The molecule has 0 amide bonds. The third-order valence-electron chi connectivity index (χ3n) is 1.13. The summed E-state index contributed by atoms with van der Waals surface area (Å²) in [5.74, 6) is 0. The van der Waals surface area contributed by atoms with Crippen LogP contribution in [-0.4, -0.2) is 24.9 Å². The van der Waals surface area contributed by atoms with Crippen molar-refractivity contribution >= 4 is 0 Å². The normalized spacial score (nSPS) is 8.58. The summed E-state index contributed by atoms with van der Waals surface area (Å²) in [6, 6.07) is 0. The van der Waals surface area contributed by atoms with Crippen molar-refractivity contribution in [2.75, 3.05) is 19.8 Å². The predicted molar refractivity (Wildman–Crippen MR) is 53.3 cm³/mol. The molecule has 0 bridgehead atoms. The van der Waals surface area contributed by atoms with Gasteiger partial charge in [-0.15, -0.1) is 6.58 Å². The minimum atomic E-state index is 0.250. The molecular formula is C10H22O2. The van der Waals surface area contributed by atoms with Crippen LogP contribution in [0.5, 0.6) is 0 Å². The van der Waals surface area contributed by atoms with E-state index in [1.165, 1.54) is 19.3 Å². The van der Waals surface area contributed by atoms with E-state index in [9.17, 15) is 0 Å². The molecule has 0 unspecified atom stereocenters. The van der Waals surface area contributed by atoms with Crippen LogP contribution in [0.25, 0.3) is 0 Å². The van der Waals surface area contributed by atoms with Crippen LogP contribution in [0.1, 0.15) is 33.1 Å². The van der Waals surface area contributed by atoms with Gasteiger partial charge in [-0.3, -0.25) is 0 Å². The molecule has 2 heteroatoms. The van der Waals surface area contributed by atoms with Gasteiger partial charge >= 0.3 is 0 Å². The van der Waals surface area contributed by atoms with E-state index in [0.717, 1.165) is 6.61 Å². The fourth-order valence-corrected chi connectivity index (χ4v) is 0.621. The quantitative estimate of drug-likeness (QED) is 0.495. The van der Waals surface area contributed by atoms with Gasteiger partial charge in [0.1, 0.15) is 0 Å². The summed E-state index contributed by atoms with van der Waals surface area (Å²) in [4.78, 5) is 0. The molecule has 12 heavy (non-hydrogen) atoms. The van der Waals surface area contributed by atoms with Gasteiger partial charge < -0.3 is 9.84 Å². The van der Waals surface area contributed by atoms with E-state index < -0.39 is 0 Å². The second kappa shape index (κ2) is 17.0. The Kier molecular flexibility index (Phi) is 20.1. The number of ether oxygens (including phenoxy) is 1. The van der Waals surface area contributed by atoms with Gasteiger partial charge in [0.2, 0.25) is 0 Å². The highest BCUT2D eigenvalue weighted by Gasteiger charge is 1.83. The Morgan fingerprint density at radius 3 is 2.33 bits per heavy atom. The summed E-state index contributed by atoms with van der Waals surface area (Å²) < 4.78 is 5.17. The van der Waals surface area contributed by atoms with Crippen molar-refractivity contribution in [2.24, 2.45) is 0 Å². The number of hydrogen-bond acceptors (Lipinski definition) is 2. The standard InChI is InChI=1S/C8H16O.C2H6O/c1-3-5-6-8-9-7-4-2;1-2-3/h4H,2-3,5-8H2,1H3;3H,2H2,1H3. The summed E-state index contributed by atoms with van der Waals surface area (Å²) in [7, 11) is 0. The van der Waals surface area contributed by atoms with E-state index in [2.05, 4.69) is 13.5 Å². The number of aliphatic hydroxyl groups is 1. The Bertz CT molecular complexity index is 72.2. The number of unbranched alkanes of at least 4 members (excludes halogenated alkanes) is 2. The molecule has 0 aromatic heterocycles. The Hall–Kier alpha value is -0.340. The molecule has 0 aromatic carbocycles. The molecule has 1 N–H and O–H groups in total. The monoisotopic (exact) mass is 174 g/mol. The first-order chi connectivity index (χ1) is 5.83. The van der Waals surface area contributed by atoms with Crippen molar-refractivity contribution < 1.29 is 9.84 Å². The van der Waals surface area contributed by atoms with Gasteiger partial charge in [0.25, 0.3) is 0 Å². The van der Waals surface area contributed by atoms with Gasteiger partial charge in [0, 0.05) is 13.2 Å². The molecule has 0 aliphatic rings. The first-order valence-electron chi connectivity index (χ1n) is 4.62. The smallest absolute Gasteiger partial charge is 0.0644 e. The zero-order chi connectivity index (χ0) is 9.66. The van der Waals surface area contributed by atoms with Gasteiger partial charge in [0.15, 0.2) is 0 Å². The third kappa shape index (κ3) is 22.6. The van der Waals surface area contributed by atoms with Crippen LogP contribution >= 0.6 is 0 Å². The summed E-state index contributed by atoms with van der Waals surface area (Å²) in [5.41, 5.74) is 0. The zero-order valence-electron chi connectivity index (χ0n) is 8.38. The average Bonchev–Trinajstić information content (AvgIpc) is 2.06. The minimum absolute atomic E-state index is 0.250. The molecule has 0 aliphatic heterocycles. The molecule has 0 fully saturated rings. The Morgan fingerprint density at radius 1 is 1.33 bits per heavy atom. The lowest BCUT2D eigenvalue weighted by atomic mass is 10.3. The molecule has 0 aromatic rings. The average molecular weight is 174 g/mol. The van der Waals surface area contributed by atoms with Gasteiger partial charge in [-0.05, 0) is 13.3 Å². The Morgan fingerprint density at radius 2 is 1.92 bits per heavy atom. The lowest BCUT2D eigenvalue weighted by Crippen LogP contribution is -1.92. The summed E-state index contributed by atoms with van der Waals surface area (Å²) in [6.45, 7) is 9.26. The molecule has 0 aliphatic carbocycles. The largest absolute Gasteiger partial charge is 0.397 e. The summed E-state index contributed by atoms with van der Waals surface area (Å²) in [6.07, 6.45) is 5.50. The maximum Gasteiger partial charge on any atom is 0.0644 e. The molecule has 0 atom stereocenters. The van der Waals surface area contributed by atoms with Crippen molar-refractivity contribution in [3.8, 4) is 0 Å². The molecule has 0 saturated carbocycles. The highest BCUT2D eigenvalue weighted by molar-refractivity contribution is 4.63. The fourth-order valence-electron chi connectivity index (χ4n) is 0.621. The van der Waals surface area contributed by atoms with Gasteiger partial charge in [-0.2, -0.15) is 0 Å². The van der Waals surface area contributed by atoms with Crippen molar-refractivity contribution in [3.05, 3.63) is 12.7 Å². The third-order valence-corrected chi connectivity index (χ3v) is 1.13. The Labute approximate surface area is 76.2 Å². The topological polar surface area (TPSA) is 29.5 Å². The maximum atomic E-state index is 7.57. The van der Waals surface area contributed by atoms with E-state index in [0.29, 0.717) is 6.61 Å². The molecular weight excluding hydrogens is 152 g/mol. The maximum absolute atomic E-state index is 7.57. The van der Waals surface area contributed by atoms with Crippen LogP contribution < -0.4 is 0 Å². The molecule has 0 radical (unpaired) electrons. The first kappa shape index (κ1) is 14.2. The first-order valence-corrected chi connectivity index (χ1v) is 4.62. The second-order valence-corrected chi connectivity index (χ2v) is 2.39. The van der Waals surface area contributed by atoms with Crippen molar-refractivity contribution in [3.63, 3.8) is 0 Å². The Balaban J connectivity index is 0. The van der Waals surface area contributed by atoms with Crippen molar-refractivity contribution in [1.82, 2.24) is 0 Å². The highest BCUT2D eigenvalue weighted by atomic mass is 16.5. The molecule has 0 saturated heterocycles. The van der Waals surface area contributed by atoms with E-state index in [1.807, 2.05) is 0 Å². The zero-order valence-corrected chi connectivity index (χ0v) is 8.38. The molecule has 0 rings (SSSR count). The minimum Gasteiger partial charge on any atom is -0.397 e. The number of rotatable bonds is 6. The van der Waals surface area contributed by atoms with Crippen LogP contribution in [0.2, 0.25) is 0 Å². The van der Waals surface area contributed by atoms with E-state index in [1.54, 1.807) is 13.0 Å². The van der Waals surface area contributed by atoms with Gasteiger partial charge in [0.05, 0.1) is 6.61 Å². The van der Waals surface area contributed by atoms with E-state index in [4.69, 9.17) is 9.84 Å². The van der Waals surface area contributed by atoms with Gasteiger partial charge in [-0.25, -0.2) is 0 Å². The van der Waals surface area contributed by atoms with E-state index >= 15 is 0 Å². The summed E-state index contributed by atoms with van der Waals surface area (Å²) in [5, 5.41) is 7.57. The predicted octanol–water partition coefficient (Wildman–Crippen LogP) is 2.38. The molecule has 74 valence electrons. The number of aliphatic hydroxyl groups excluding tert-OH is 1. The highest BCUT2D eigenvalue weighted by Crippen LogP contribution is 1.93. The van der Waals surface area contributed by atoms with Gasteiger partial charge in [-0.1, -0.05) is 25.8 Å². The lowest BCUT2D eigenvalue weighted by molar-refractivity contribution is 0.158. The second-order valence-electron chi connectivity index (χ2n) is 2.39. The van der Waals surface area contributed by atoms with Crippen LogP contribution in [-0.2, 0) is 4.74 Å². The van der Waals surface area contributed by atoms with E-state index in [-0.39, 0.29) is 6.61 Å². The summed E-state index contributed by atoms with van der Waals surface area (Å²) >= 11 is 0. The fraction of sp³-hybridized carbons (Fsp3) is 0.800. The SMILES string of the molecule is C=CCOCCCCC.CCO. The lowest BCUT2D eigenvalue weighted by Gasteiger charge is -1.97. The van der Waals surface area contributed by atoms with Crippen molar-refractivity contribution in [1.29, 1.82) is 0 Å². The van der Waals surface area contributed by atoms with Crippen LogP contribution in [0, 0.1) is 0 Å². The van der Waals surface area contributed by atoms with Crippen molar-refractivity contribution in [2.45, 2.75) is 33.1 Å². The number of hydrogen-bond donors (Lipinski definition) is 1.